The van der Waals surface area contributed by atoms with Crippen LogP contribution in [0.1, 0.15) is 16.7 Å². The molecule has 1 unspecified atom stereocenters. The fraction of sp³-hybridized carbons (Fsp3) is 0.278. The lowest BCUT2D eigenvalue weighted by atomic mass is 10.1. The molecule has 1 atom stereocenters. The predicted molar refractivity (Wildman–Crippen MR) is 90.6 cm³/mol. The molecule has 0 radical (unpaired) electrons. The number of carbonyl (C=O) groups is 1. The summed E-state index contributed by atoms with van der Waals surface area (Å²) in [6.45, 7) is 2.67. The van der Waals surface area contributed by atoms with Crippen molar-refractivity contribution >= 4 is 18.5 Å². The molecule has 110 valence electrons. The van der Waals surface area contributed by atoms with Crippen LogP contribution < -0.4 is 0 Å². The van der Waals surface area contributed by atoms with Gasteiger partial charge in [-0.15, -0.1) is 0 Å². The van der Waals surface area contributed by atoms with Gasteiger partial charge < -0.3 is 4.90 Å². The van der Waals surface area contributed by atoms with E-state index in [9.17, 15) is 4.79 Å². The Balaban J connectivity index is 1.93. The number of carbonyl (C=O) groups excluding carboxylic acids is 1. The van der Waals surface area contributed by atoms with Gasteiger partial charge in [0, 0.05) is 13.6 Å². The van der Waals surface area contributed by atoms with E-state index < -0.39 is 0 Å². The lowest BCUT2D eigenvalue weighted by Gasteiger charge is -2.21. The normalized spacial score (nSPS) is 12.0. The van der Waals surface area contributed by atoms with Crippen LogP contribution in [0.4, 0.5) is 0 Å². The molecule has 0 fully saturated rings. The Hall–Kier alpha value is -1.74. The van der Waals surface area contributed by atoms with Crippen molar-refractivity contribution in [2.45, 2.75) is 25.1 Å². The van der Waals surface area contributed by atoms with Gasteiger partial charge in [0.1, 0.15) is 0 Å². The Labute approximate surface area is 132 Å². The molecule has 1 amide bonds. The summed E-state index contributed by atoms with van der Waals surface area (Å²) in [5, 5.41) is -0.303. The van der Waals surface area contributed by atoms with Gasteiger partial charge in [-0.3, -0.25) is 4.79 Å². The summed E-state index contributed by atoms with van der Waals surface area (Å²) in [4.78, 5) is 14.1. The van der Waals surface area contributed by atoms with Crippen molar-refractivity contribution < 1.29 is 4.79 Å². The molecule has 0 N–H and O–H groups in total. The van der Waals surface area contributed by atoms with Crippen molar-refractivity contribution in [1.29, 1.82) is 0 Å². The second-order valence-electron chi connectivity index (χ2n) is 5.39. The molecule has 0 aliphatic carbocycles. The molecule has 2 nitrogen and oxygen atoms in total. The van der Waals surface area contributed by atoms with Crippen LogP contribution in [-0.2, 0) is 17.8 Å². The van der Waals surface area contributed by atoms with Gasteiger partial charge in [0.2, 0.25) is 5.91 Å². The standard InChI is InChI=1S/C18H21NOS/c1-14-8-10-16(11-9-14)13-19(2)18(20)17(21)12-15-6-4-3-5-7-15/h3-11,17,21H,12-13H2,1-2H3. The second kappa shape index (κ2) is 7.32. The number of thiol groups is 1. The van der Waals surface area contributed by atoms with E-state index in [1.165, 1.54) is 5.56 Å². The number of aryl methyl sites for hydroxylation is 1. The van der Waals surface area contributed by atoms with Crippen molar-refractivity contribution in [1.82, 2.24) is 4.90 Å². The van der Waals surface area contributed by atoms with Gasteiger partial charge in [0.25, 0.3) is 0 Å². The first kappa shape index (κ1) is 15.6. The van der Waals surface area contributed by atoms with E-state index >= 15 is 0 Å². The first-order chi connectivity index (χ1) is 10.1. The smallest absolute Gasteiger partial charge is 0.235 e. The van der Waals surface area contributed by atoms with Gasteiger partial charge in [-0.05, 0) is 24.5 Å². The molecule has 0 bridgehead atoms. The molecule has 0 aromatic heterocycles. The highest BCUT2D eigenvalue weighted by Gasteiger charge is 2.18. The fourth-order valence-electron chi connectivity index (χ4n) is 2.22. The molecule has 2 aromatic rings. The van der Waals surface area contributed by atoms with Gasteiger partial charge >= 0.3 is 0 Å². The Morgan fingerprint density at radius 3 is 2.29 bits per heavy atom. The maximum absolute atomic E-state index is 12.4. The first-order valence-corrected chi connectivity index (χ1v) is 7.60. The molecule has 0 spiro atoms. The van der Waals surface area contributed by atoms with E-state index in [-0.39, 0.29) is 11.2 Å². The Kier molecular flexibility index (Phi) is 5.45. The Morgan fingerprint density at radius 1 is 1.05 bits per heavy atom. The van der Waals surface area contributed by atoms with Crippen molar-refractivity contribution in [2.24, 2.45) is 0 Å². The Bertz CT molecular complexity index is 580. The quantitative estimate of drug-likeness (QED) is 0.838. The maximum atomic E-state index is 12.4. The zero-order chi connectivity index (χ0) is 15.2. The molecule has 0 aliphatic heterocycles. The van der Waals surface area contributed by atoms with Crippen LogP contribution in [0.25, 0.3) is 0 Å². The second-order valence-corrected chi connectivity index (χ2v) is 6.01. The molecule has 3 heteroatoms. The summed E-state index contributed by atoms with van der Waals surface area (Å²) >= 11 is 4.47. The van der Waals surface area contributed by atoms with Crippen LogP contribution in [-0.4, -0.2) is 23.1 Å². The molecule has 21 heavy (non-hydrogen) atoms. The number of benzene rings is 2. The number of hydrogen-bond acceptors (Lipinski definition) is 2. The zero-order valence-corrected chi connectivity index (χ0v) is 13.4. The summed E-state index contributed by atoms with van der Waals surface area (Å²) in [5.74, 6) is 0.0581. The zero-order valence-electron chi connectivity index (χ0n) is 12.5. The van der Waals surface area contributed by atoms with E-state index in [0.717, 1.165) is 11.1 Å². The van der Waals surface area contributed by atoms with Gasteiger partial charge in [-0.25, -0.2) is 0 Å². The van der Waals surface area contributed by atoms with E-state index in [0.29, 0.717) is 13.0 Å². The van der Waals surface area contributed by atoms with Gasteiger partial charge in [-0.2, -0.15) is 12.6 Å². The maximum Gasteiger partial charge on any atom is 0.235 e. The SMILES string of the molecule is Cc1ccc(CN(C)C(=O)C(S)Cc2ccccc2)cc1. The minimum Gasteiger partial charge on any atom is -0.340 e. The summed E-state index contributed by atoms with van der Waals surface area (Å²) in [6, 6.07) is 18.2. The molecule has 0 heterocycles. The third kappa shape index (κ3) is 4.64. The van der Waals surface area contributed by atoms with Crippen LogP contribution in [0, 0.1) is 6.92 Å². The van der Waals surface area contributed by atoms with Gasteiger partial charge in [-0.1, -0.05) is 60.2 Å². The van der Waals surface area contributed by atoms with Crippen LogP contribution in [0.3, 0.4) is 0 Å². The van der Waals surface area contributed by atoms with Crippen LogP contribution >= 0.6 is 12.6 Å². The van der Waals surface area contributed by atoms with E-state index in [1.54, 1.807) is 4.90 Å². The highest BCUT2D eigenvalue weighted by Crippen LogP contribution is 2.12. The molecular weight excluding hydrogens is 278 g/mol. The van der Waals surface area contributed by atoms with Crippen LogP contribution in [0.5, 0.6) is 0 Å². The van der Waals surface area contributed by atoms with E-state index in [2.05, 4.69) is 43.8 Å². The Morgan fingerprint density at radius 2 is 1.67 bits per heavy atom. The number of rotatable bonds is 5. The first-order valence-electron chi connectivity index (χ1n) is 7.09. The lowest BCUT2D eigenvalue weighted by Crippen LogP contribution is -2.34. The monoisotopic (exact) mass is 299 g/mol. The number of amides is 1. The molecular formula is C18H21NOS. The molecule has 2 aromatic carbocycles. The average Bonchev–Trinajstić information content (AvgIpc) is 2.49. The topological polar surface area (TPSA) is 20.3 Å². The molecule has 0 aliphatic rings. The van der Waals surface area contributed by atoms with Crippen molar-refractivity contribution in [3.63, 3.8) is 0 Å². The largest absolute Gasteiger partial charge is 0.340 e. The summed E-state index contributed by atoms with van der Waals surface area (Å²) in [6.07, 6.45) is 0.654. The van der Waals surface area contributed by atoms with Crippen LogP contribution in [0.2, 0.25) is 0 Å². The third-order valence-electron chi connectivity index (χ3n) is 3.47. The van der Waals surface area contributed by atoms with Crippen molar-refractivity contribution in [3.05, 3.63) is 71.3 Å². The van der Waals surface area contributed by atoms with E-state index in [4.69, 9.17) is 0 Å². The van der Waals surface area contributed by atoms with Crippen LogP contribution in [0.15, 0.2) is 54.6 Å². The highest BCUT2D eigenvalue weighted by atomic mass is 32.1. The molecule has 2 rings (SSSR count). The van der Waals surface area contributed by atoms with Crippen molar-refractivity contribution in [2.75, 3.05) is 7.05 Å². The molecule has 0 saturated heterocycles. The summed E-state index contributed by atoms with van der Waals surface area (Å²) in [5.41, 5.74) is 3.50. The minimum atomic E-state index is -0.303. The fourth-order valence-corrected chi connectivity index (χ4v) is 2.63. The number of nitrogens with zero attached hydrogens (tertiary/aromatic N) is 1. The predicted octanol–water partition coefficient (Wildman–Crippen LogP) is 3.49. The van der Waals surface area contributed by atoms with Gasteiger partial charge in [0.05, 0.1) is 5.25 Å². The van der Waals surface area contributed by atoms with E-state index in [1.807, 2.05) is 37.4 Å². The summed E-state index contributed by atoms with van der Waals surface area (Å²) in [7, 11) is 1.83. The van der Waals surface area contributed by atoms with Gasteiger partial charge in [0.15, 0.2) is 0 Å². The van der Waals surface area contributed by atoms with Crippen molar-refractivity contribution in [3.8, 4) is 0 Å². The highest BCUT2D eigenvalue weighted by molar-refractivity contribution is 7.81. The lowest BCUT2D eigenvalue weighted by molar-refractivity contribution is -0.129. The minimum absolute atomic E-state index is 0.0581. The molecule has 0 saturated carbocycles. The average molecular weight is 299 g/mol. The summed E-state index contributed by atoms with van der Waals surface area (Å²) < 4.78 is 0. The third-order valence-corrected chi connectivity index (χ3v) is 3.88. The number of hydrogen-bond donors (Lipinski definition) is 1.